The molecule has 2 N–H and O–H groups in total. The number of carbonyl (C=O) groups is 1. The summed E-state index contributed by atoms with van der Waals surface area (Å²) < 4.78 is 16.2. The van der Waals surface area contributed by atoms with Gasteiger partial charge in [0.1, 0.15) is 11.4 Å². The van der Waals surface area contributed by atoms with Gasteiger partial charge < -0.3 is 24.8 Å². The van der Waals surface area contributed by atoms with Crippen LogP contribution in [0.25, 0.3) is 0 Å². The molecule has 4 rings (SSSR count). The highest BCUT2D eigenvalue weighted by Gasteiger charge is 2.15. The molecule has 0 saturated carbocycles. The van der Waals surface area contributed by atoms with Gasteiger partial charge in [0, 0.05) is 23.6 Å². The van der Waals surface area contributed by atoms with E-state index in [2.05, 4.69) is 20.6 Å². The maximum atomic E-state index is 12.5. The zero-order valence-electron chi connectivity index (χ0n) is 16.0. The Bertz CT molecular complexity index is 1020. The third-order valence-electron chi connectivity index (χ3n) is 4.00. The van der Waals surface area contributed by atoms with Crippen molar-refractivity contribution in [3.63, 3.8) is 0 Å². The van der Waals surface area contributed by atoms with Crippen LogP contribution in [0.5, 0.6) is 17.2 Å². The molecule has 3 aromatic rings. The third-order valence-corrected chi connectivity index (χ3v) is 4.00. The first-order valence-electron chi connectivity index (χ1n) is 9.14. The zero-order chi connectivity index (χ0) is 20.2. The van der Waals surface area contributed by atoms with Crippen molar-refractivity contribution in [3.8, 4) is 17.2 Å². The van der Waals surface area contributed by atoms with Crippen molar-refractivity contribution >= 4 is 23.2 Å². The van der Waals surface area contributed by atoms with Gasteiger partial charge in [-0.1, -0.05) is 0 Å². The number of carbonyl (C=O) groups excluding carboxylic acids is 1. The predicted octanol–water partition coefficient (Wildman–Crippen LogP) is 3.99. The van der Waals surface area contributed by atoms with Gasteiger partial charge in [-0.05, 0) is 56.3 Å². The number of benzene rings is 2. The average Bonchev–Trinajstić information content (AvgIpc) is 3.17. The van der Waals surface area contributed by atoms with Gasteiger partial charge in [0.15, 0.2) is 11.5 Å². The van der Waals surface area contributed by atoms with Crippen molar-refractivity contribution in [2.24, 2.45) is 0 Å². The highest BCUT2D eigenvalue weighted by molar-refractivity contribution is 6.03. The Labute approximate surface area is 167 Å². The van der Waals surface area contributed by atoms with E-state index in [0.717, 1.165) is 11.4 Å². The molecule has 0 unspecified atom stereocenters. The minimum absolute atomic E-state index is 0.108. The Morgan fingerprint density at radius 3 is 2.59 bits per heavy atom. The number of fused-ring (bicyclic) bond motifs is 1. The number of ether oxygens (including phenoxy) is 3. The van der Waals surface area contributed by atoms with Gasteiger partial charge in [0.2, 0.25) is 12.7 Å². The summed E-state index contributed by atoms with van der Waals surface area (Å²) in [5.74, 6) is 2.00. The summed E-state index contributed by atoms with van der Waals surface area (Å²) in [5, 5.41) is 5.88. The second-order valence-electron chi connectivity index (χ2n) is 6.60. The molecule has 0 aliphatic carbocycles. The van der Waals surface area contributed by atoms with Crippen molar-refractivity contribution < 1.29 is 19.0 Å². The quantitative estimate of drug-likeness (QED) is 0.655. The maximum Gasteiger partial charge on any atom is 0.274 e. The van der Waals surface area contributed by atoms with Crippen LogP contribution in [0.2, 0.25) is 0 Å². The molecule has 0 fully saturated rings. The van der Waals surface area contributed by atoms with Gasteiger partial charge in [-0.15, -0.1) is 0 Å². The highest BCUT2D eigenvalue weighted by atomic mass is 16.7. The second-order valence-corrected chi connectivity index (χ2v) is 6.60. The normalized spacial score (nSPS) is 12.0. The lowest BCUT2D eigenvalue weighted by Gasteiger charge is -2.11. The van der Waals surface area contributed by atoms with Crippen molar-refractivity contribution in [2.45, 2.75) is 20.0 Å². The molecule has 0 atom stereocenters. The molecule has 1 aliphatic rings. The Hall–Kier alpha value is -3.81. The van der Waals surface area contributed by atoms with Gasteiger partial charge in [-0.2, -0.15) is 0 Å². The molecular weight excluding hydrogens is 372 g/mol. The largest absolute Gasteiger partial charge is 0.491 e. The Morgan fingerprint density at radius 1 is 1.03 bits per heavy atom. The number of hydrogen-bond acceptors (Lipinski definition) is 7. The molecule has 0 bridgehead atoms. The fourth-order valence-corrected chi connectivity index (χ4v) is 2.73. The van der Waals surface area contributed by atoms with Crippen LogP contribution in [0, 0.1) is 0 Å². The summed E-state index contributed by atoms with van der Waals surface area (Å²) in [6.45, 7) is 4.12. The van der Waals surface area contributed by atoms with E-state index >= 15 is 0 Å². The average molecular weight is 392 g/mol. The summed E-state index contributed by atoms with van der Waals surface area (Å²) in [6, 6.07) is 14.2. The molecule has 0 saturated heterocycles. The maximum absolute atomic E-state index is 12.5. The van der Waals surface area contributed by atoms with Crippen molar-refractivity contribution in [3.05, 3.63) is 60.4 Å². The third kappa shape index (κ3) is 4.55. The lowest BCUT2D eigenvalue weighted by atomic mass is 10.2. The van der Waals surface area contributed by atoms with Crippen molar-refractivity contribution in [1.82, 2.24) is 9.97 Å². The summed E-state index contributed by atoms with van der Waals surface area (Å²) in [5.41, 5.74) is 1.61. The SMILES string of the molecule is CC(C)Oc1ccc(Nc2nccc(C(=O)Nc3ccc4c(c3)OCO4)n2)cc1. The Balaban J connectivity index is 1.43. The molecule has 8 nitrogen and oxygen atoms in total. The number of nitrogens with zero attached hydrogens (tertiary/aromatic N) is 2. The molecule has 1 amide bonds. The molecule has 29 heavy (non-hydrogen) atoms. The number of rotatable bonds is 6. The topological polar surface area (TPSA) is 94.6 Å². The van der Waals surface area contributed by atoms with Crippen LogP contribution in [0.15, 0.2) is 54.7 Å². The van der Waals surface area contributed by atoms with E-state index in [4.69, 9.17) is 14.2 Å². The first-order chi connectivity index (χ1) is 14.1. The lowest BCUT2D eigenvalue weighted by molar-refractivity contribution is 0.102. The van der Waals surface area contributed by atoms with Crippen LogP contribution >= 0.6 is 0 Å². The van der Waals surface area contributed by atoms with Crippen LogP contribution in [0.3, 0.4) is 0 Å². The summed E-state index contributed by atoms with van der Waals surface area (Å²) in [6.07, 6.45) is 1.64. The van der Waals surface area contributed by atoms with Crippen LogP contribution in [-0.2, 0) is 0 Å². The van der Waals surface area contributed by atoms with Crippen molar-refractivity contribution in [2.75, 3.05) is 17.4 Å². The minimum Gasteiger partial charge on any atom is -0.491 e. The molecule has 1 aliphatic heterocycles. The van der Waals surface area contributed by atoms with Crippen molar-refractivity contribution in [1.29, 1.82) is 0 Å². The highest BCUT2D eigenvalue weighted by Crippen LogP contribution is 2.34. The number of hydrogen-bond donors (Lipinski definition) is 2. The number of nitrogens with one attached hydrogen (secondary N) is 2. The molecule has 1 aromatic heterocycles. The van der Waals surface area contributed by atoms with E-state index in [0.29, 0.717) is 23.1 Å². The van der Waals surface area contributed by atoms with Gasteiger partial charge in [-0.3, -0.25) is 4.79 Å². The standard InChI is InChI=1S/C21H20N4O4/c1-13(2)29-16-6-3-14(4-7-16)24-21-22-10-9-17(25-21)20(26)23-15-5-8-18-19(11-15)28-12-27-18/h3-11,13H,12H2,1-2H3,(H,23,26)(H,22,24,25). The number of aromatic nitrogens is 2. The smallest absolute Gasteiger partial charge is 0.274 e. The van der Waals surface area contributed by atoms with E-state index in [1.165, 1.54) is 6.20 Å². The fraction of sp³-hybridized carbons (Fsp3) is 0.190. The zero-order valence-corrected chi connectivity index (χ0v) is 16.0. The summed E-state index contributed by atoms with van der Waals surface area (Å²) >= 11 is 0. The van der Waals surface area contributed by atoms with E-state index in [1.54, 1.807) is 24.3 Å². The van der Waals surface area contributed by atoms with Gasteiger partial charge in [-0.25, -0.2) is 9.97 Å². The van der Waals surface area contributed by atoms with Gasteiger partial charge >= 0.3 is 0 Å². The fourth-order valence-electron chi connectivity index (χ4n) is 2.73. The summed E-state index contributed by atoms with van der Waals surface area (Å²) in [7, 11) is 0. The Morgan fingerprint density at radius 2 is 1.79 bits per heavy atom. The molecule has 148 valence electrons. The first-order valence-corrected chi connectivity index (χ1v) is 9.14. The monoisotopic (exact) mass is 392 g/mol. The van der Waals surface area contributed by atoms with Gasteiger partial charge in [0.05, 0.1) is 6.10 Å². The molecule has 0 spiro atoms. The second kappa shape index (κ2) is 8.05. The van der Waals surface area contributed by atoms with E-state index < -0.39 is 0 Å². The Kier molecular flexibility index (Phi) is 5.15. The predicted molar refractivity (Wildman–Crippen MR) is 108 cm³/mol. The lowest BCUT2D eigenvalue weighted by Crippen LogP contribution is -2.14. The number of anilines is 3. The first kappa shape index (κ1) is 18.5. The van der Waals surface area contributed by atoms with Crippen LogP contribution in [-0.4, -0.2) is 28.8 Å². The minimum atomic E-state index is -0.352. The molecule has 0 radical (unpaired) electrons. The molecule has 2 heterocycles. The van der Waals surface area contributed by atoms with Crippen LogP contribution in [0.1, 0.15) is 24.3 Å². The van der Waals surface area contributed by atoms with E-state index in [-0.39, 0.29) is 24.5 Å². The van der Waals surface area contributed by atoms with Crippen LogP contribution < -0.4 is 24.8 Å². The summed E-state index contributed by atoms with van der Waals surface area (Å²) in [4.78, 5) is 21.0. The van der Waals surface area contributed by atoms with E-state index in [1.807, 2.05) is 38.1 Å². The molecule has 2 aromatic carbocycles. The molecular formula is C21H20N4O4. The number of amides is 1. The van der Waals surface area contributed by atoms with E-state index in [9.17, 15) is 4.79 Å². The van der Waals surface area contributed by atoms with Gasteiger partial charge in [0.25, 0.3) is 5.91 Å². The molecule has 8 heteroatoms. The van der Waals surface area contributed by atoms with Crippen LogP contribution in [0.4, 0.5) is 17.3 Å².